The number of aryl methyl sites for hydroxylation is 1. The lowest BCUT2D eigenvalue weighted by Gasteiger charge is -2.24. The first kappa shape index (κ1) is 24.0. The fraction of sp³-hybridized carbons (Fsp3) is 0.192. The third-order valence-corrected chi connectivity index (χ3v) is 5.45. The molecule has 1 aromatic heterocycles. The molecule has 2 aromatic carbocycles. The van der Waals surface area contributed by atoms with E-state index in [4.69, 9.17) is 15.2 Å². The molecule has 182 valence electrons. The van der Waals surface area contributed by atoms with Gasteiger partial charge in [0.1, 0.15) is 17.3 Å². The van der Waals surface area contributed by atoms with Gasteiger partial charge in [-0.05, 0) is 61.5 Å². The number of pyridine rings is 1. The summed E-state index contributed by atoms with van der Waals surface area (Å²) in [5, 5.41) is 0. The highest BCUT2D eigenvalue weighted by Gasteiger charge is 2.30. The van der Waals surface area contributed by atoms with Crippen molar-refractivity contribution in [3.8, 4) is 22.6 Å². The van der Waals surface area contributed by atoms with E-state index in [1.807, 2.05) is 13.0 Å². The first-order valence-corrected chi connectivity index (χ1v) is 10.9. The van der Waals surface area contributed by atoms with E-state index in [9.17, 15) is 18.0 Å². The molecular weight excluding hydrogens is 459 g/mol. The van der Waals surface area contributed by atoms with Gasteiger partial charge in [-0.15, -0.1) is 0 Å². The second-order valence-electron chi connectivity index (χ2n) is 7.91. The van der Waals surface area contributed by atoms with E-state index < -0.39 is 11.7 Å². The smallest absolute Gasteiger partial charge is 0.416 e. The van der Waals surface area contributed by atoms with Crippen LogP contribution >= 0.6 is 0 Å². The lowest BCUT2D eigenvalue weighted by atomic mass is 10.0. The van der Waals surface area contributed by atoms with Crippen LogP contribution in [0.3, 0.4) is 0 Å². The van der Waals surface area contributed by atoms with Crippen molar-refractivity contribution in [3.63, 3.8) is 0 Å². The molecule has 0 bridgehead atoms. The molecule has 6 nitrogen and oxygen atoms in total. The van der Waals surface area contributed by atoms with Crippen molar-refractivity contribution in [2.24, 2.45) is 7.05 Å². The number of nitrogen functional groups attached to an aromatic ring is 1. The topological polar surface area (TPSA) is 69.7 Å². The Hall–Kier alpha value is -4.14. The highest BCUT2D eigenvalue weighted by atomic mass is 19.4. The number of halogens is 3. The number of nitrogens with zero attached hydrogens (tertiary/aromatic N) is 2. The molecule has 0 aliphatic carbocycles. The molecule has 1 aliphatic heterocycles. The number of nitrogens with two attached hydrogens (primary N) is 1. The number of allylic oxidation sites excluding steroid dienone is 1. The third kappa shape index (κ3) is 5.34. The standard InChI is InChI=1S/C26H24F3N3O3/c1-3-34-24-15-25(33)31(2)16-22(24)21-14-18(30)6-9-23(21)35-20-10-12-32(13-11-20)19-7-4-17(5-8-19)26(27,28)29/h4-12,14-16H,3,13,30H2,1-2H3. The molecule has 1 aliphatic rings. The van der Waals surface area contributed by atoms with Crippen molar-refractivity contribution in [1.82, 2.24) is 4.57 Å². The minimum atomic E-state index is -4.37. The van der Waals surface area contributed by atoms with Crippen molar-refractivity contribution in [2.75, 3.05) is 23.8 Å². The summed E-state index contributed by atoms with van der Waals surface area (Å²) in [5.74, 6) is 1.49. The van der Waals surface area contributed by atoms with Crippen molar-refractivity contribution in [1.29, 1.82) is 0 Å². The first-order chi connectivity index (χ1) is 16.7. The molecule has 2 heterocycles. The highest BCUT2D eigenvalue weighted by Crippen LogP contribution is 2.38. The van der Waals surface area contributed by atoms with Crippen molar-refractivity contribution >= 4 is 11.4 Å². The summed E-state index contributed by atoms with van der Waals surface area (Å²) in [6.45, 7) is 2.62. The number of hydrogen-bond donors (Lipinski definition) is 1. The molecule has 0 saturated carbocycles. The van der Waals surface area contributed by atoms with Crippen molar-refractivity contribution in [3.05, 3.63) is 94.8 Å². The Labute approximate surface area is 200 Å². The van der Waals surface area contributed by atoms with Gasteiger partial charge in [0.25, 0.3) is 5.56 Å². The maximum Gasteiger partial charge on any atom is 0.416 e. The minimum Gasteiger partial charge on any atom is -0.493 e. The van der Waals surface area contributed by atoms with Crippen LogP contribution in [0.1, 0.15) is 12.5 Å². The number of anilines is 2. The number of alkyl halides is 3. The van der Waals surface area contributed by atoms with E-state index in [0.717, 1.165) is 12.1 Å². The van der Waals surface area contributed by atoms with Crippen LogP contribution in [0, 0.1) is 0 Å². The molecule has 0 fully saturated rings. The van der Waals surface area contributed by atoms with Crippen LogP contribution in [0.2, 0.25) is 0 Å². The number of aromatic nitrogens is 1. The highest BCUT2D eigenvalue weighted by molar-refractivity contribution is 5.78. The molecule has 2 N–H and O–H groups in total. The van der Waals surface area contributed by atoms with E-state index in [1.54, 1.807) is 48.6 Å². The molecule has 35 heavy (non-hydrogen) atoms. The molecule has 0 saturated heterocycles. The average Bonchev–Trinajstić information content (AvgIpc) is 2.83. The Kier molecular flexibility index (Phi) is 6.59. The molecule has 0 unspecified atom stereocenters. The second-order valence-corrected chi connectivity index (χ2v) is 7.91. The molecule has 0 radical (unpaired) electrons. The van der Waals surface area contributed by atoms with Gasteiger partial charge in [0.2, 0.25) is 0 Å². The first-order valence-electron chi connectivity index (χ1n) is 10.9. The SMILES string of the molecule is CCOc1cc(=O)n(C)cc1-c1cc(N)ccc1OC1=CCN(c2ccc(C(F)(F)F)cc2)C=C1. The van der Waals surface area contributed by atoms with Crippen LogP contribution in [0.4, 0.5) is 24.5 Å². The van der Waals surface area contributed by atoms with Gasteiger partial charge >= 0.3 is 6.18 Å². The molecular formula is C26H24F3N3O3. The molecule has 4 rings (SSSR count). The maximum absolute atomic E-state index is 12.8. The number of rotatable bonds is 6. The largest absolute Gasteiger partial charge is 0.493 e. The Morgan fingerprint density at radius 1 is 1.03 bits per heavy atom. The minimum absolute atomic E-state index is 0.204. The third-order valence-electron chi connectivity index (χ3n) is 5.45. The lowest BCUT2D eigenvalue weighted by Crippen LogP contribution is -2.20. The van der Waals surface area contributed by atoms with E-state index >= 15 is 0 Å². The zero-order chi connectivity index (χ0) is 25.2. The van der Waals surface area contributed by atoms with Gasteiger partial charge in [-0.25, -0.2) is 0 Å². The summed E-state index contributed by atoms with van der Waals surface area (Å²) in [4.78, 5) is 13.9. The zero-order valence-electron chi connectivity index (χ0n) is 19.2. The predicted molar refractivity (Wildman–Crippen MR) is 129 cm³/mol. The summed E-state index contributed by atoms with van der Waals surface area (Å²) in [6, 6.07) is 11.6. The van der Waals surface area contributed by atoms with Gasteiger partial charge in [0, 0.05) is 54.6 Å². The Bertz CT molecular complexity index is 1340. The van der Waals surface area contributed by atoms with Gasteiger partial charge in [-0.2, -0.15) is 13.2 Å². The lowest BCUT2D eigenvalue weighted by molar-refractivity contribution is -0.137. The van der Waals surface area contributed by atoms with Crippen LogP contribution in [0.5, 0.6) is 11.5 Å². The summed E-state index contributed by atoms with van der Waals surface area (Å²) in [7, 11) is 1.65. The van der Waals surface area contributed by atoms with Gasteiger partial charge in [0.05, 0.1) is 12.2 Å². The van der Waals surface area contributed by atoms with Crippen LogP contribution in [0.15, 0.2) is 83.6 Å². The van der Waals surface area contributed by atoms with E-state index in [2.05, 4.69) is 0 Å². The van der Waals surface area contributed by atoms with E-state index in [-0.39, 0.29) is 5.56 Å². The second kappa shape index (κ2) is 9.61. The van der Waals surface area contributed by atoms with Gasteiger partial charge in [-0.1, -0.05) is 0 Å². The van der Waals surface area contributed by atoms with Gasteiger partial charge in [-0.3, -0.25) is 4.79 Å². The van der Waals surface area contributed by atoms with Crippen LogP contribution < -0.4 is 25.7 Å². The predicted octanol–water partition coefficient (Wildman–Crippen LogP) is 5.35. The average molecular weight is 483 g/mol. The number of benzene rings is 2. The Balaban J connectivity index is 1.58. The number of ether oxygens (including phenoxy) is 2. The van der Waals surface area contributed by atoms with Gasteiger partial charge < -0.3 is 24.7 Å². The summed E-state index contributed by atoms with van der Waals surface area (Å²) < 4.78 is 51.8. The summed E-state index contributed by atoms with van der Waals surface area (Å²) in [5.41, 5.74) is 7.60. The van der Waals surface area contributed by atoms with Crippen LogP contribution in [0.25, 0.3) is 11.1 Å². The number of hydrogen-bond acceptors (Lipinski definition) is 5. The maximum atomic E-state index is 12.8. The van der Waals surface area contributed by atoms with Gasteiger partial charge in [0.15, 0.2) is 0 Å². The van der Waals surface area contributed by atoms with Crippen LogP contribution in [-0.2, 0) is 13.2 Å². The van der Waals surface area contributed by atoms with Crippen LogP contribution in [-0.4, -0.2) is 17.7 Å². The van der Waals surface area contributed by atoms with E-state index in [0.29, 0.717) is 52.9 Å². The Morgan fingerprint density at radius 3 is 2.40 bits per heavy atom. The normalized spacial score (nSPS) is 13.5. The molecule has 9 heteroatoms. The quantitative estimate of drug-likeness (QED) is 0.479. The molecule has 0 spiro atoms. The monoisotopic (exact) mass is 483 g/mol. The molecule has 0 atom stereocenters. The molecule has 0 amide bonds. The van der Waals surface area contributed by atoms with E-state index in [1.165, 1.54) is 22.8 Å². The summed E-state index contributed by atoms with van der Waals surface area (Å²) >= 11 is 0. The fourth-order valence-electron chi connectivity index (χ4n) is 3.65. The molecule has 3 aromatic rings. The van der Waals surface area contributed by atoms with Crippen molar-refractivity contribution in [2.45, 2.75) is 13.1 Å². The zero-order valence-corrected chi connectivity index (χ0v) is 19.2. The fourth-order valence-corrected chi connectivity index (χ4v) is 3.65. The van der Waals surface area contributed by atoms with Crippen molar-refractivity contribution < 1.29 is 22.6 Å². The summed E-state index contributed by atoms with van der Waals surface area (Å²) in [6.07, 6.45) is 2.59. The Morgan fingerprint density at radius 2 is 1.77 bits per heavy atom.